The van der Waals surface area contributed by atoms with Crippen molar-refractivity contribution >= 4 is 11.8 Å². The summed E-state index contributed by atoms with van der Waals surface area (Å²) in [5.41, 5.74) is -0.940. The zero-order valence-electron chi connectivity index (χ0n) is 22.3. The molecule has 5 rings (SSSR count). The molecule has 1 heterocycles. The van der Waals surface area contributed by atoms with Gasteiger partial charge in [-0.3, -0.25) is 4.79 Å². The van der Waals surface area contributed by atoms with Crippen LogP contribution < -0.4 is 0 Å². The van der Waals surface area contributed by atoms with Crippen LogP contribution in [0.25, 0.3) is 0 Å². The van der Waals surface area contributed by atoms with E-state index >= 15 is 0 Å². The maximum absolute atomic E-state index is 12.2. The fourth-order valence-corrected chi connectivity index (χ4v) is 7.87. The molecule has 1 saturated heterocycles. The highest BCUT2D eigenvalue weighted by molar-refractivity contribution is 5.79. The number of carbonyl (C=O) groups is 2. The molecular weight excluding hydrogens is 428 g/mol. The maximum atomic E-state index is 12.2. The Morgan fingerprint density at radius 2 is 1.79 bits per heavy atom. The highest BCUT2D eigenvalue weighted by Gasteiger charge is 2.61. The molecular formula is C25H38O8. The van der Waals surface area contributed by atoms with Crippen molar-refractivity contribution in [2.45, 2.75) is 108 Å². The fraction of sp³-hybridized carbons (Fsp3) is 0.920. The van der Waals surface area contributed by atoms with Gasteiger partial charge in [-0.1, -0.05) is 13.8 Å². The molecule has 4 N–H and O–H groups in total. The summed E-state index contributed by atoms with van der Waals surface area (Å²) in [4.78, 5) is 23.7. The van der Waals surface area contributed by atoms with Crippen molar-refractivity contribution in [3.05, 3.63) is 0 Å². The van der Waals surface area contributed by atoms with Crippen molar-refractivity contribution in [1.29, 1.82) is 0 Å². The van der Waals surface area contributed by atoms with Crippen LogP contribution in [0.5, 0.6) is 0 Å². The van der Waals surface area contributed by atoms with Gasteiger partial charge in [-0.2, -0.15) is 0 Å². The van der Waals surface area contributed by atoms with Gasteiger partial charge in [-0.05, 0) is 79.4 Å². The second-order valence-electron chi connectivity index (χ2n) is 11.4. The molecule has 0 unspecified atom stereocenters. The van der Waals surface area contributed by atoms with E-state index in [1.807, 2.05) is 6.92 Å². The molecule has 0 amide bonds. The number of hydrogen-bond acceptors (Lipinski definition) is 7. The molecule has 5 aliphatic rings. The monoisotopic (exact) mass is 469 g/mol. The van der Waals surface area contributed by atoms with Crippen LogP contribution in [-0.4, -0.2) is 69.0 Å². The van der Waals surface area contributed by atoms with E-state index in [1.165, 1.54) is 0 Å². The average Bonchev–Trinajstić information content (AvgIpc) is 2.96. The normalized spacial score (nSPS) is 59.4. The second kappa shape index (κ2) is 8.26. The highest BCUT2D eigenvalue weighted by atomic mass is 16.7. The van der Waals surface area contributed by atoms with Crippen LogP contribution in [0.4, 0.5) is 0 Å². The first-order chi connectivity index (χ1) is 16.7. The predicted octanol–water partition coefficient (Wildman–Crippen LogP) is 1.88. The van der Waals surface area contributed by atoms with Crippen LogP contribution in [0.2, 0.25) is 0 Å². The molecule has 0 aromatic rings. The van der Waals surface area contributed by atoms with Crippen molar-refractivity contribution in [1.82, 2.24) is 0 Å². The smallest absolute Gasteiger partial charge is 0.335 e. The minimum atomic E-state index is -2.17. The molecule has 5 fully saturated rings. The summed E-state index contributed by atoms with van der Waals surface area (Å²) in [6.07, 6.45) is -8.43. The van der Waals surface area contributed by atoms with Gasteiger partial charge in [0.1, 0.15) is 24.1 Å². The number of carbonyl (C=O) groups excluding carboxylic acids is 1. The lowest BCUT2D eigenvalue weighted by Crippen LogP contribution is -2.61. The number of hydrogen-bond donors (Lipinski definition) is 4. The molecule has 0 aromatic carbocycles. The predicted molar refractivity (Wildman–Crippen MR) is 116 cm³/mol. The Morgan fingerprint density at radius 1 is 1.06 bits per heavy atom. The summed E-state index contributed by atoms with van der Waals surface area (Å²) in [5, 5.41) is 40.1. The van der Waals surface area contributed by atoms with Gasteiger partial charge >= 0.3 is 5.97 Å². The van der Waals surface area contributed by atoms with E-state index in [2.05, 4.69) is 6.92 Å². The lowest BCUT2D eigenvalue weighted by Gasteiger charge is -2.60. The quantitative estimate of drug-likeness (QED) is 0.492. The summed E-state index contributed by atoms with van der Waals surface area (Å²) < 4.78 is 38.3. The minimum absolute atomic E-state index is 0.0106. The lowest BCUT2D eigenvalue weighted by molar-refractivity contribution is -0.313. The molecule has 0 radical (unpaired) electrons. The van der Waals surface area contributed by atoms with Crippen LogP contribution in [-0.2, 0) is 19.1 Å². The number of carboxylic acid groups (broad SMARTS) is 1. The molecule has 4 saturated carbocycles. The van der Waals surface area contributed by atoms with Gasteiger partial charge in [0.05, 0.1) is 7.45 Å². The molecule has 186 valence electrons. The molecule has 8 heteroatoms. The second-order valence-corrected chi connectivity index (χ2v) is 11.4. The molecule has 0 bridgehead atoms. The Morgan fingerprint density at radius 3 is 2.52 bits per heavy atom. The maximum Gasteiger partial charge on any atom is 0.335 e. The number of ketones is 1. The Hall–Kier alpha value is -1.06. The molecule has 1 aliphatic heterocycles. The summed E-state index contributed by atoms with van der Waals surface area (Å²) in [6, 6.07) is 0. The van der Waals surface area contributed by atoms with Gasteiger partial charge in [0.2, 0.25) is 0 Å². The van der Waals surface area contributed by atoms with Gasteiger partial charge in [0.15, 0.2) is 12.4 Å². The van der Waals surface area contributed by atoms with E-state index in [4.69, 9.17) is 12.2 Å². The zero-order chi connectivity index (χ0) is 26.4. The molecule has 12 atom stereocenters. The summed E-state index contributed by atoms with van der Waals surface area (Å²) in [6.45, 7) is 4.13. The molecule has 33 heavy (non-hydrogen) atoms. The van der Waals surface area contributed by atoms with E-state index < -0.39 is 54.5 Å². The van der Waals surface area contributed by atoms with Gasteiger partial charge in [0.25, 0.3) is 0 Å². The van der Waals surface area contributed by atoms with Gasteiger partial charge in [0, 0.05) is 15.6 Å². The van der Waals surface area contributed by atoms with Crippen LogP contribution >= 0.6 is 0 Å². The van der Waals surface area contributed by atoms with Crippen LogP contribution in [0, 0.1) is 34.5 Å². The summed E-state index contributed by atoms with van der Waals surface area (Å²) in [7, 11) is 0. The van der Waals surface area contributed by atoms with Crippen LogP contribution in [0.1, 0.15) is 75.7 Å². The number of aliphatic hydroxyl groups excluding tert-OH is 3. The Bertz CT molecular complexity index is 933. The molecule has 8 nitrogen and oxygen atoms in total. The first kappa shape index (κ1) is 20.2. The lowest BCUT2D eigenvalue weighted by atomic mass is 9.45. The molecule has 0 spiro atoms. The number of aliphatic hydroxyl groups is 3. The summed E-state index contributed by atoms with van der Waals surface area (Å²) in [5.74, 6) is -0.579. The zero-order valence-corrected chi connectivity index (χ0v) is 19.3. The van der Waals surface area contributed by atoms with E-state index in [0.29, 0.717) is 36.9 Å². The van der Waals surface area contributed by atoms with E-state index in [-0.39, 0.29) is 23.7 Å². The number of carboxylic acids is 1. The third kappa shape index (κ3) is 3.59. The van der Waals surface area contributed by atoms with Crippen molar-refractivity contribution in [2.24, 2.45) is 34.5 Å². The van der Waals surface area contributed by atoms with E-state index in [9.17, 15) is 31.4 Å². The first-order valence-corrected chi connectivity index (χ1v) is 12.3. The Balaban J connectivity index is 1.44. The van der Waals surface area contributed by atoms with Gasteiger partial charge < -0.3 is 29.9 Å². The molecule has 4 aliphatic carbocycles. The van der Waals surface area contributed by atoms with E-state index in [1.54, 1.807) is 0 Å². The topological polar surface area (TPSA) is 134 Å². The number of rotatable bonds is 3. The van der Waals surface area contributed by atoms with Crippen molar-refractivity contribution in [2.75, 3.05) is 0 Å². The standard InChI is InChI=1S/C25H38O8/c1-24-9-7-13(26)11-12(24)3-4-14-15-5-6-17(25(15,2)10-8-16(14)24)32-23-20(29)18(27)19(28)21(33-23)22(30)31/h12,14-21,23,27-29H,3-11H2,1-2H3,(H,30,31)/t12-,14-,15-,16-,17-,18-,19-,20+,21-,23-,24-,25-/m0/s1/i6D2,17D. The number of fused-ring (bicyclic) bond motifs is 5. The third-order valence-electron chi connectivity index (χ3n) is 9.92. The molecule has 0 aromatic heterocycles. The average molecular weight is 470 g/mol. The number of Topliss-reactive ketones (excluding diaryl/α,β-unsaturated/α-hetero) is 1. The largest absolute Gasteiger partial charge is 0.479 e. The first-order valence-electron chi connectivity index (χ1n) is 13.8. The minimum Gasteiger partial charge on any atom is -0.479 e. The van der Waals surface area contributed by atoms with Crippen LogP contribution in [0.15, 0.2) is 0 Å². The van der Waals surface area contributed by atoms with Crippen molar-refractivity contribution < 1.29 is 43.6 Å². The SMILES string of the molecule is [2H]C1([2H])C[C@H]2[C@@H]3CC[C@H]4CC(=O)CC[C@]4(C)[C@H]3CC[C@]2(C)[C@@]1([2H])O[C@H]1O[C@H](C(=O)O)[C@@H](O)[C@H](O)[C@H]1O. The summed E-state index contributed by atoms with van der Waals surface area (Å²) >= 11 is 0. The van der Waals surface area contributed by atoms with Crippen LogP contribution in [0.3, 0.4) is 0 Å². The Kier molecular flexibility index (Phi) is 5.05. The highest BCUT2D eigenvalue weighted by Crippen LogP contribution is 2.66. The number of ether oxygens (including phenoxy) is 2. The fourth-order valence-electron chi connectivity index (χ4n) is 7.87. The third-order valence-corrected chi connectivity index (χ3v) is 9.92. The van der Waals surface area contributed by atoms with E-state index in [0.717, 1.165) is 25.7 Å². The van der Waals surface area contributed by atoms with Gasteiger partial charge in [-0.15, -0.1) is 0 Å². The Labute approximate surface area is 198 Å². The van der Waals surface area contributed by atoms with Crippen molar-refractivity contribution in [3.8, 4) is 0 Å². The van der Waals surface area contributed by atoms with Gasteiger partial charge in [-0.25, -0.2) is 4.79 Å². The van der Waals surface area contributed by atoms with Crippen molar-refractivity contribution in [3.63, 3.8) is 0 Å². The number of aliphatic carboxylic acids is 1.